The van der Waals surface area contributed by atoms with Crippen molar-refractivity contribution in [1.82, 2.24) is 0 Å². The normalized spacial score (nSPS) is 12.1. The fraction of sp³-hybridized carbons (Fsp3) is 0.417. The molecule has 0 spiro atoms. The maximum Gasteiger partial charge on any atom is 0.104 e. The van der Waals surface area contributed by atoms with E-state index >= 15 is 0 Å². The summed E-state index contributed by atoms with van der Waals surface area (Å²) in [5.41, 5.74) is 5.81. The number of hydrogen-bond donors (Lipinski definition) is 1. The van der Waals surface area contributed by atoms with Crippen molar-refractivity contribution < 1.29 is 0 Å². The summed E-state index contributed by atoms with van der Waals surface area (Å²) in [7, 11) is 0. The van der Waals surface area contributed by atoms with Crippen LogP contribution in [-0.2, 0) is 0 Å². The molecule has 4 heteroatoms. The molecule has 0 saturated heterocycles. The molecule has 0 saturated carbocycles. The highest BCUT2D eigenvalue weighted by Gasteiger charge is 2.01. The van der Waals surface area contributed by atoms with Gasteiger partial charge in [0.05, 0.1) is 10.8 Å². The number of halogens is 1. The molecule has 0 amide bonds. The second kappa shape index (κ2) is 6.81. The van der Waals surface area contributed by atoms with Gasteiger partial charge in [0.15, 0.2) is 0 Å². The standard InChI is InChI=1S/C12H17ClN2S/c1-9(2)7-15-12(14)8-16-11-6-4-3-5-10(11)13/h3-6,9H,7-8H2,1-2H3,(H2,14,15). The zero-order valence-corrected chi connectivity index (χ0v) is 11.2. The summed E-state index contributed by atoms with van der Waals surface area (Å²) in [6.07, 6.45) is 0. The largest absolute Gasteiger partial charge is 0.387 e. The average Bonchev–Trinajstić information content (AvgIpc) is 2.25. The van der Waals surface area contributed by atoms with E-state index in [4.69, 9.17) is 17.3 Å². The Kier molecular flexibility index (Phi) is 5.71. The van der Waals surface area contributed by atoms with Crippen molar-refractivity contribution in [2.75, 3.05) is 12.3 Å². The molecule has 0 unspecified atom stereocenters. The third-order valence-corrected chi connectivity index (χ3v) is 3.42. The van der Waals surface area contributed by atoms with Crippen LogP contribution < -0.4 is 5.73 Å². The van der Waals surface area contributed by atoms with E-state index in [0.29, 0.717) is 17.5 Å². The maximum absolute atomic E-state index is 6.03. The van der Waals surface area contributed by atoms with Crippen LogP contribution in [0.15, 0.2) is 34.2 Å². The van der Waals surface area contributed by atoms with E-state index in [9.17, 15) is 0 Å². The highest BCUT2D eigenvalue weighted by atomic mass is 35.5. The Bertz CT molecular complexity index is 364. The van der Waals surface area contributed by atoms with Gasteiger partial charge >= 0.3 is 0 Å². The Morgan fingerprint density at radius 2 is 2.12 bits per heavy atom. The molecule has 0 heterocycles. The Morgan fingerprint density at radius 1 is 1.44 bits per heavy atom. The first kappa shape index (κ1) is 13.4. The monoisotopic (exact) mass is 256 g/mol. The molecular weight excluding hydrogens is 240 g/mol. The minimum Gasteiger partial charge on any atom is -0.387 e. The third-order valence-electron chi connectivity index (χ3n) is 1.87. The number of amidine groups is 1. The van der Waals surface area contributed by atoms with Crippen molar-refractivity contribution in [3.05, 3.63) is 29.3 Å². The Hall–Kier alpha value is -0.670. The van der Waals surface area contributed by atoms with Gasteiger partial charge in [-0.25, -0.2) is 0 Å². The van der Waals surface area contributed by atoms with Crippen LogP contribution in [0.25, 0.3) is 0 Å². The predicted molar refractivity (Wildman–Crippen MR) is 73.5 cm³/mol. The van der Waals surface area contributed by atoms with Crippen molar-refractivity contribution in [3.8, 4) is 0 Å². The third kappa shape index (κ3) is 4.90. The number of aliphatic imine (C=N–C) groups is 1. The maximum atomic E-state index is 6.03. The minimum atomic E-state index is 0.545. The van der Waals surface area contributed by atoms with Crippen molar-refractivity contribution in [1.29, 1.82) is 0 Å². The molecule has 0 aliphatic carbocycles. The van der Waals surface area contributed by atoms with Crippen LogP contribution in [0.5, 0.6) is 0 Å². The average molecular weight is 257 g/mol. The first-order valence-corrected chi connectivity index (χ1v) is 6.62. The predicted octanol–water partition coefficient (Wildman–Crippen LogP) is 3.45. The zero-order chi connectivity index (χ0) is 12.0. The molecule has 88 valence electrons. The van der Waals surface area contributed by atoms with Crippen LogP contribution >= 0.6 is 23.4 Å². The molecule has 2 N–H and O–H groups in total. The highest BCUT2D eigenvalue weighted by molar-refractivity contribution is 8.00. The summed E-state index contributed by atoms with van der Waals surface area (Å²) in [5.74, 6) is 1.92. The lowest BCUT2D eigenvalue weighted by Crippen LogP contribution is -2.16. The molecule has 1 aromatic carbocycles. The lowest BCUT2D eigenvalue weighted by atomic mass is 10.2. The van der Waals surface area contributed by atoms with Gasteiger partial charge < -0.3 is 5.73 Å². The van der Waals surface area contributed by atoms with Gasteiger partial charge in [-0.05, 0) is 18.1 Å². The van der Waals surface area contributed by atoms with Gasteiger partial charge in [0.2, 0.25) is 0 Å². The number of benzene rings is 1. The quantitative estimate of drug-likeness (QED) is 0.498. The first-order chi connectivity index (χ1) is 7.59. The number of thioether (sulfide) groups is 1. The molecule has 0 aliphatic heterocycles. The van der Waals surface area contributed by atoms with Crippen LogP contribution in [0.2, 0.25) is 5.02 Å². The summed E-state index contributed by atoms with van der Waals surface area (Å²) < 4.78 is 0. The molecule has 2 nitrogen and oxygen atoms in total. The van der Waals surface area contributed by atoms with Crippen molar-refractivity contribution in [2.24, 2.45) is 16.6 Å². The number of hydrogen-bond acceptors (Lipinski definition) is 2. The SMILES string of the molecule is CC(C)CN=C(N)CSc1ccccc1Cl. The van der Waals surface area contributed by atoms with Crippen molar-refractivity contribution in [2.45, 2.75) is 18.7 Å². The Labute approximate surface area is 106 Å². The number of nitrogens with two attached hydrogens (primary N) is 1. The van der Waals surface area contributed by atoms with Crippen LogP contribution in [0.1, 0.15) is 13.8 Å². The van der Waals surface area contributed by atoms with Crippen LogP contribution in [-0.4, -0.2) is 18.1 Å². The fourth-order valence-electron chi connectivity index (χ4n) is 1.06. The minimum absolute atomic E-state index is 0.545. The molecule has 0 aliphatic rings. The van der Waals surface area contributed by atoms with E-state index in [-0.39, 0.29) is 0 Å². The second-order valence-electron chi connectivity index (χ2n) is 3.94. The summed E-state index contributed by atoms with van der Waals surface area (Å²) >= 11 is 7.65. The molecule has 1 rings (SSSR count). The Balaban J connectivity index is 2.46. The molecule has 0 aromatic heterocycles. The summed E-state index contributed by atoms with van der Waals surface area (Å²) in [4.78, 5) is 5.35. The lowest BCUT2D eigenvalue weighted by molar-refractivity contribution is 0.665. The number of rotatable bonds is 5. The molecular formula is C12H17ClN2S. The van der Waals surface area contributed by atoms with Gasteiger partial charge in [-0.3, -0.25) is 4.99 Å². The molecule has 0 fully saturated rings. The molecule has 16 heavy (non-hydrogen) atoms. The fourth-order valence-corrected chi connectivity index (χ4v) is 2.13. The molecule has 1 aromatic rings. The van der Waals surface area contributed by atoms with E-state index < -0.39 is 0 Å². The molecule has 0 radical (unpaired) electrons. The van der Waals surface area contributed by atoms with Crippen molar-refractivity contribution in [3.63, 3.8) is 0 Å². The van der Waals surface area contributed by atoms with Crippen LogP contribution in [0.4, 0.5) is 0 Å². The molecule has 0 atom stereocenters. The first-order valence-electron chi connectivity index (χ1n) is 5.25. The van der Waals surface area contributed by atoms with Gasteiger partial charge in [0.1, 0.15) is 5.84 Å². The smallest absolute Gasteiger partial charge is 0.104 e. The van der Waals surface area contributed by atoms with Gasteiger partial charge in [-0.15, -0.1) is 11.8 Å². The van der Waals surface area contributed by atoms with E-state index in [1.807, 2.05) is 24.3 Å². The van der Waals surface area contributed by atoms with E-state index in [1.165, 1.54) is 0 Å². The van der Waals surface area contributed by atoms with Crippen LogP contribution in [0.3, 0.4) is 0 Å². The second-order valence-corrected chi connectivity index (χ2v) is 5.37. The number of nitrogens with zero attached hydrogens (tertiary/aromatic N) is 1. The zero-order valence-electron chi connectivity index (χ0n) is 9.61. The van der Waals surface area contributed by atoms with E-state index in [0.717, 1.165) is 16.5 Å². The van der Waals surface area contributed by atoms with E-state index in [1.54, 1.807) is 11.8 Å². The van der Waals surface area contributed by atoms with E-state index in [2.05, 4.69) is 18.8 Å². The topological polar surface area (TPSA) is 38.4 Å². The summed E-state index contributed by atoms with van der Waals surface area (Å²) in [6, 6.07) is 7.76. The summed E-state index contributed by atoms with van der Waals surface area (Å²) in [5, 5.41) is 0.768. The lowest BCUT2D eigenvalue weighted by Gasteiger charge is -2.04. The van der Waals surface area contributed by atoms with Gasteiger partial charge in [0.25, 0.3) is 0 Å². The van der Waals surface area contributed by atoms with Crippen LogP contribution in [0, 0.1) is 5.92 Å². The Morgan fingerprint density at radius 3 is 2.75 bits per heavy atom. The molecule has 0 bridgehead atoms. The summed E-state index contributed by atoms with van der Waals surface area (Å²) in [6.45, 7) is 5.03. The van der Waals surface area contributed by atoms with Gasteiger partial charge in [-0.1, -0.05) is 37.6 Å². The van der Waals surface area contributed by atoms with Crippen molar-refractivity contribution >= 4 is 29.2 Å². The highest BCUT2D eigenvalue weighted by Crippen LogP contribution is 2.26. The van der Waals surface area contributed by atoms with Gasteiger partial charge in [-0.2, -0.15) is 0 Å². The van der Waals surface area contributed by atoms with Gasteiger partial charge in [0, 0.05) is 11.4 Å².